The number of hydrogen-bond acceptors (Lipinski definition) is 9. The fourth-order valence-electron chi connectivity index (χ4n) is 3.60. The zero-order chi connectivity index (χ0) is 27.9. The van der Waals surface area contributed by atoms with Crippen molar-refractivity contribution in [2.75, 3.05) is 43.2 Å². The van der Waals surface area contributed by atoms with Crippen molar-refractivity contribution in [3.8, 4) is 16.9 Å². The van der Waals surface area contributed by atoms with Crippen LogP contribution in [0.3, 0.4) is 0 Å². The lowest BCUT2D eigenvalue weighted by molar-refractivity contribution is -0.192. The minimum Gasteiger partial charge on any atom is -0.493 e. The Morgan fingerprint density at radius 1 is 1.11 bits per heavy atom. The maximum atomic E-state index is 11.6. The van der Waals surface area contributed by atoms with E-state index in [0.717, 1.165) is 42.8 Å². The standard InChI is InChI=1S/C22H26N4O4S.C2HF3O2/c1-23-22-24-21(25-30-22)26-13-11-16(12-14-26)15-29-19-7-3-17(4-8-19)18-5-9-20(10-6-18)31(2,27)28;3-2(4,5)1(6)7/h3-10,16H,11-15H2,1-2H3,(H,23,24,25);(H,6,7). The summed E-state index contributed by atoms with van der Waals surface area (Å²) >= 11 is 0. The third-order valence-corrected chi connectivity index (χ3v) is 6.85. The Balaban J connectivity index is 0.000000505. The Morgan fingerprint density at radius 3 is 2.08 bits per heavy atom. The number of nitrogens with one attached hydrogen (secondary N) is 1. The van der Waals surface area contributed by atoms with Crippen LogP contribution < -0.4 is 15.0 Å². The molecule has 38 heavy (non-hydrogen) atoms. The summed E-state index contributed by atoms with van der Waals surface area (Å²) in [5.74, 6) is -0.817. The van der Waals surface area contributed by atoms with Crippen LogP contribution >= 0.6 is 0 Å². The first-order valence-electron chi connectivity index (χ1n) is 11.5. The van der Waals surface area contributed by atoms with Crippen LogP contribution in [0, 0.1) is 5.92 Å². The zero-order valence-electron chi connectivity index (χ0n) is 20.6. The number of aromatic nitrogens is 2. The van der Waals surface area contributed by atoms with Crippen molar-refractivity contribution in [2.45, 2.75) is 23.9 Å². The van der Waals surface area contributed by atoms with Crippen molar-refractivity contribution in [3.05, 3.63) is 48.5 Å². The van der Waals surface area contributed by atoms with Gasteiger partial charge in [-0.1, -0.05) is 24.3 Å². The molecule has 0 saturated carbocycles. The molecule has 0 spiro atoms. The van der Waals surface area contributed by atoms with Gasteiger partial charge >= 0.3 is 18.2 Å². The molecule has 0 atom stereocenters. The molecular formula is C24H27F3N4O6S. The van der Waals surface area contributed by atoms with Crippen molar-refractivity contribution in [1.82, 2.24) is 10.1 Å². The number of piperidine rings is 1. The summed E-state index contributed by atoms with van der Waals surface area (Å²) in [6, 6.07) is 15.2. The molecule has 4 rings (SSSR count). The van der Waals surface area contributed by atoms with Crippen LogP contribution in [0.15, 0.2) is 57.9 Å². The van der Waals surface area contributed by atoms with Gasteiger partial charge in [-0.15, -0.1) is 0 Å². The van der Waals surface area contributed by atoms with E-state index in [9.17, 15) is 21.6 Å². The van der Waals surface area contributed by atoms with E-state index in [-0.39, 0.29) is 0 Å². The molecule has 1 aliphatic heterocycles. The maximum Gasteiger partial charge on any atom is 0.490 e. The van der Waals surface area contributed by atoms with E-state index in [1.165, 1.54) is 6.26 Å². The number of sulfone groups is 1. The summed E-state index contributed by atoms with van der Waals surface area (Å²) in [5, 5.41) is 14.0. The second-order valence-corrected chi connectivity index (χ2v) is 10.5. The van der Waals surface area contributed by atoms with Gasteiger partial charge in [0.15, 0.2) is 9.84 Å². The number of aliphatic carboxylic acids is 1. The molecule has 0 amide bonds. The molecule has 14 heteroatoms. The van der Waals surface area contributed by atoms with E-state index < -0.39 is 22.0 Å². The van der Waals surface area contributed by atoms with Gasteiger partial charge in [0.2, 0.25) is 0 Å². The van der Waals surface area contributed by atoms with Gasteiger partial charge < -0.3 is 24.6 Å². The van der Waals surface area contributed by atoms with Crippen molar-refractivity contribution in [2.24, 2.45) is 5.92 Å². The number of carbonyl (C=O) groups is 1. The Hall–Kier alpha value is -3.81. The van der Waals surface area contributed by atoms with Gasteiger partial charge in [-0.25, -0.2) is 13.2 Å². The Bertz CT molecular complexity index is 1300. The molecule has 10 nitrogen and oxygen atoms in total. The molecule has 206 valence electrons. The van der Waals surface area contributed by atoms with Crippen LogP contribution in [0.25, 0.3) is 11.1 Å². The number of alkyl halides is 3. The molecule has 3 aromatic rings. The SMILES string of the molecule is CNc1nc(N2CCC(COc3ccc(-c4ccc(S(C)(=O)=O)cc4)cc3)CC2)no1.O=C(O)C(F)(F)F. The third kappa shape index (κ3) is 8.10. The van der Waals surface area contributed by atoms with Crippen molar-refractivity contribution < 1.29 is 40.8 Å². The van der Waals surface area contributed by atoms with Gasteiger partial charge in [0.1, 0.15) is 5.75 Å². The minimum atomic E-state index is -5.08. The average Bonchev–Trinajstić information content (AvgIpc) is 3.37. The van der Waals surface area contributed by atoms with E-state index in [1.807, 2.05) is 36.4 Å². The number of carboxylic acid groups (broad SMARTS) is 1. The Morgan fingerprint density at radius 2 is 1.63 bits per heavy atom. The quantitative estimate of drug-likeness (QED) is 0.438. The summed E-state index contributed by atoms with van der Waals surface area (Å²) in [6.45, 7) is 2.42. The van der Waals surface area contributed by atoms with Crippen molar-refractivity contribution >= 4 is 27.8 Å². The second kappa shape index (κ2) is 12.2. The van der Waals surface area contributed by atoms with E-state index in [0.29, 0.717) is 29.4 Å². The predicted octanol–water partition coefficient (Wildman–Crippen LogP) is 4.11. The highest BCUT2D eigenvalue weighted by atomic mass is 32.2. The molecule has 1 saturated heterocycles. The topological polar surface area (TPSA) is 135 Å². The van der Waals surface area contributed by atoms with Gasteiger partial charge in [0.25, 0.3) is 5.95 Å². The smallest absolute Gasteiger partial charge is 0.490 e. The number of carboxylic acids is 1. The molecule has 0 radical (unpaired) electrons. The van der Waals surface area contributed by atoms with Crippen LogP contribution in [0.4, 0.5) is 25.1 Å². The number of benzene rings is 2. The highest BCUT2D eigenvalue weighted by Gasteiger charge is 2.38. The Kier molecular flexibility index (Phi) is 9.20. The molecule has 2 aromatic carbocycles. The van der Waals surface area contributed by atoms with Gasteiger partial charge in [-0.3, -0.25) is 0 Å². The van der Waals surface area contributed by atoms with Crippen LogP contribution in [0.2, 0.25) is 0 Å². The molecular weight excluding hydrogens is 529 g/mol. The van der Waals surface area contributed by atoms with Crippen LogP contribution in [-0.4, -0.2) is 68.8 Å². The van der Waals surface area contributed by atoms with E-state index >= 15 is 0 Å². The van der Waals surface area contributed by atoms with Crippen molar-refractivity contribution in [1.29, 1.82) is 0 Å². The highest BCUT2D eigenvalue weighted by molar-refractivity contribution is 7.90. The maximum absolute atomic E-state index is 11.6. The average molecular weight is 557 g/mol. The summed E-state index contributed by atoms with van der Waals surface area (Å²) < 4.78 is 66.0. The lowest BCUT2D eigenvalue weighted by Gasteiger charge is -2.30. The molecule has 1 aromatic heterocycles. The lowest BCUT2D eigenvalue weighted by Crippen LogP contribution is -2.36. The number of hydrogen-bond donors (Lipinski definition) is 2. The minimum absolute atomic E-state index is 0.323. The lowest BCUT2D eigenvalue weighted by atomic mass is 9.98. The predicted molar refractivity (Wildman–Crippen MR) is 133 cm³/mol. The highest BCUT2D eigenvalue weighted by Crippen LogP contribution is 2.26. The van der Waals surface area contributed by atoms with Gasteiger partial charge in [-0.2, -0.15) is 18.2 Å². The number of rotatable bonds is 7. The molecule has 2 heterocycles. The molecule has 2 N–H and O–H groups in total. The fraction of sp³-hybridized carbons (Fsp3) is 0.375. The first-order valence-corrected chi connectivity index (χ1v) is 13.4. The van der Waals surface area contributed by atoms with Crippen molar-refractivity contribution in [3.63, 3.8) is 0 Å². The van der Waals surface area contributed by atoms with E-state index in [4.69, 9.17) is 19.2 Å². The monoisotopic (exact) mass is 556 g/mol. The van der Waals surface area contributed by atoms with Gasteiger partial charge in [0, 0.05) is 26.4 Å². The van der Waals surface area contributed by atoms with Gasteiger partial charge in [-0.05, 0) is 59.3 Å². The third-order valence-electron chi connectivity index (χ3n) is 5.72. The molecule has 1 fully saturated rings. The number of halogens is 3. The largest absolute Gasteiger partial charge is 0.493 e. The summed E-state index contributed by atoms with van der Waals surface area (Å²) in [7, 11) is -1.43. The summed E-state index contributed by atoms with van der Waals surface area (Å²) in [4.78, 5) is 15.6. The summed E-state index contributed by atoms with van der Waals surface area (Å²) in [5.41, 5.74) is 1.98. The van der Waals surface area contributed by atoms with E-state index in [2.05, 4.69) is 20.4 Å². The normalized spacial score (nSPS) is 14.4. The van der Waals surface area contributed by atoms with Crippen LogP contribution in [-0.2, 0) is 14.6 Å². The fourth-order valence-corrected chi connectivity index (χ4v) is 4.23. The number of ether oxygens (including phenoxy) is 1. The Labute approximate surface area is 217 Å². The van der Waals surface area contributed by atoms with Crippen LogP contribution in [0.5, 0.6) is 5.75 Å². The van der Waals surface area contributed by atoms with Gasteiger partial charge in [0.05, 0.1) is 11.5 Å². The molecule has 1 aliphatic rings. The number of nitrogens with zero attached hydrogens (tertiary/aromatic N) is 3. The molecule has 0 bridgehead atoms. The first-order chi connectivity index (χ1) is 17.9. The van der Waals surface area contributed by atoms with Crippen LogP contribution in [0.1, 0.15) is 12.8 Å². The first kappa shape index (κ1) is 28.8. The van der Waals surface area contributed by atoms with E-state index in [1.54, 1.807) is 19.2 Å². The molecule has 0 unspecified atom stereocenters. The zero-order valence-corrected chi connectivity index (χ0v) is 21.4. The number of anilines is 2. The molecule has 0 aliphatic carbocycles. The summed E-state index contributed by atoms with van der Waals surface area (Å²) in [6.07, 6.45) is -1.86. The second-order valence-electron chi connectivity index (χ2n) is 8.51.